The molecule has 0 aliphatic carbocycles. The van der Waals surface area contributed by atoms with Crippen molar-refractivity contribution in [3.63, 3.8) is 0 Å². The Hall–Kier alpha value is -2.19. The van der Waals surface area contributed by atoms with E-state index >= 15 is 0 Å². The normalized spacial score (nSPS) is 14.0. The van der Waals surface area contributed by atoms with Gasteiger partial charge in [0.2, 0.25) is 11.6 Å². The largest absolute Gasteiger partial charge is 0.546 e. The van der Waals surface area contributed by atoms with Gasteiger partial charge in [0.25, 0.3) is 10.0 Å². The number of hydrogen-bond acceptors (Lipinski definition) is 10. The Morgan fingerprint density at radius 1 is 1.22 bits per heavy atom. The van der Waals surface area contributed by atoms with Gasteiger partial charge in [0, 0.05) is 26.7 Å². The Morgan fingerprint density at radius 2 is 1.83 bits per heavy atom. The van der Waals surface area contributed by atoms with Gasteiger partial charge in [-0.25, -0.2) is 8.42 Å². The van der Waals surface area contributed by atoms with E-state index in [2.05, 4.69) is 40.2 Å². The fourth-order valence-corrected chi connectivity index (χ4v) is 7.42. The minimum Gasteiger partial charge on any atom is -0.546 e. The first kappa shape index (κ1) is 28.4. The summed E-state index contributed by atoms with van der Waals surface area (Å²) in [7, 11) is -3.86. The number of furan rings is 1. The predicted molar refractivity (Wildman–Crippen MR) is 143 cm³/mol. The topological polar surface area (TPSA) is 144 Å². The molecule has 3 aromatic rings. The number of hydrogen-bond donors (Lipinski definition) is 3. The molecule has 0 saturated carbocycles. The standard InChI is InChI=1S/C23H35N5O5S3/c1-9-28(10-2)36(31,32)22-19(29)18(14(5)34-22)25-21-20(26-35(30)27-21)24-17(13(3)4)16-11-15(12-33-16)23(6,7)8/h11-13,17,29H,9-10H2,1-8H3,(H,24,26)(H,25,27)/t17-,35?/m1/s1. The van der Waals surface area contributed by atoms with Crippen LogP contribution in [0.1, 0.15) is 70.7 Å². The minimum absolute atomic E-state index is 0.0823. The van der Waals surface area contributed by atoms with E-state index in [0.717, 1.165) is 16.9 Å². The highest BCUT2D eigenvalue weighted by Crippen LogP contribution is 2.45. The summed E-state index contributed by atoms with van der Waals surface area (Å²) in [6.07, 6.45) is 1.73. The maximum atomic E-state index is 13.0. The molecule has 0 spiro atoms. The van der Waals surface area contributed by atoms with Gasteiger partial charge in [-0.05, 0) is 29.9 Å². The average Bonchev–Trinajstić information content (AvgIpc) is 3.46. The molecule has 0 aromatic carbocycles. The van der Waals surface area contributed by atoms with E-state index in [1.807, 2.05) is 19.9 Å². The lowest BCUT2D eigenvalue weighted by molar-refractivity contribution is 0.419. The molecule has 0 radical (unpaired) electrons. The summed E-state index contributed by atoms with van der Waals surface area (Å²) < 4.78 is 53.4. The van der Waals surface area contributed by atoms with Gasteiger partial charge in [0.1, 0.15) is 5.76 Å². The summed E-state index contributed by atoms with van der Waals surface area (Å²) in [5.41, 5.74) is 1.16. The summed E-state index contributed by atoms with van der Waals surface area (Å²) in [6, 6.07) is 1.70. The fourth-order valence-electron chi connectivity index (χ4n) is 3.69. The highest BCUT2D eigenvalue weighted by molar-refractivity contribution is 7.91. The fraction of sp³-hybridized carbons (Fsp3) is 0.565. The van der Waals surface area contributed by atoms with Crippen LogP contribution in [0.5, 0.6) is 5.75 Å². The zero-order valence-corrected chi connectivity index (χ0v) is 24.3. The van der Waals surface area contributed by atoms with Crippen molar-refractivity contribution in [1.82, 2.24) is 13.1 Å². The quantitative estimate of drug-likeness (QED) is 0.265. The molecule has 3 heterocycles. The average molecular weight is 558 g/mol. The molecule has 1 unspecified atom stereocenters. The van der Waals surface area contributed by atoms with Crippen molar-refractivity contribution in [2.24, 2.45) is 5.92 Å². The van der Waals surface area contributed by atoms with Crippen molar-refractivity contribution in [3.05, 3.63) is 28.5 Å². The molecule has 3 rings (SSSR count). The third kappa shape index (κ3) is 5.70. The van der Waals surface area contributed by atoms with Crippen LogP contribution < -0.4 is 10.6 Å². The number of nitrogens with zero attached hydrogens (tertiary/aromatic N) is 3. The molecule has 3 aromatic heterocycles. The summed E-state index contributed by atoms with van der Waals surface area (Å²) in [6.45, 7) is 16.1. The second kappa shape index (κ2) is 10.7. The number of aromatic hydroxyl groups is 1. The Balaban J connectivity index is 1.95. The van der Waals surface area contributed by atoms with Gasteiger partial charge in [-0.1, -0.05) is 48.5 Å². The molecule has 13 heteroatoms. The third-order valence-corrected chi connectivity index (χ3v) is 10.2. The molecule has 200 valence electrons. The van der Waals surface area contributed by atoms with Gasteiger partial charge in [0.05, 0.1) is 18.0 Å². The van der Waals surface area contributed by atoms with Crippen LogP contribution in [-0.2, 0) is 15.4 Å². The van der Waals surface area contributed by atoms with Crippen LogP contribution in [0.4, 0.5) is 17.3 Å². The number of sulfonamides is 1. The first-order valence-electron chi connectivity index (χ1n) is 11.7. The molecule has 0 aliphatic heterocycles. The summed E-state index contributed by atoms with van der Waals surface area (Å²) in [5, 5.41) is 17.1. The highest BCUT2D eigenvalue weighted by Gasteiger charge is 2.32. The molecule has 10 nitrogen and oxygen atoms in total. The van der Waals surface area contributed by atoms with Crippen LogP contribution in [0, 0.1) is 12.8 Å². The van der Waals surface area contributed by atoms with E-state index in [1.165, 1.54) is 4.31 Å². The van der Waals surface area contributed by atoms with Gasteiger partial charge >= 0.3 is 0 Å². The van der Waals surface area contributed by atoms with Crippen LogP contribution in [0.15, 0.2) is 21.0 Å². The molecular weight excluding hydrogens is 522 g/mol. The van der Waals surface area contributed by atoms with Crippen LogP contribution in [0.2, 0.25) is 0 Å². The van der Waals surface area contributed by atoms with Crippen molar-refractivity contribution in [2.75, 3.05) is 23.7 Å². The van der Waals surface area contributed by atoms with Gasteiger partial charge in [-0.3, -0.25) is 0 Å². The van der Waals surface area contributed by atoms with E-state index in [4.69, 9.17) is 4.42 Å². The molecule has 0 fully saturated rings. The van der Waals surface area contributed by atoms with Crippen LogP contribution in [0.3, 0.4) is 0 Å². The van der Waals surface area contributed by atoms with Gasteiger partial charge < -0.3 is 24.7 Å². The maximum absolute atomic E-state index is 13.0. The SMILES string of the molecule is CCN(CC)S(=O)(=O)c1sc(C)c(Nc2n[s+]([O-])nc2N[C@@H](c2cc(C(C)(C)C)co2)C(C)C)c1O. The van der Waals surface area contributed by atoms with E-state index in [0.29, 0.717) is 10.6 Å². The molecule has 0 bridgehead atoms. The molecule has 36 heavy (non-hydrogen) atoms. The van der Waals surface area contributed by atoms with E-state index in [-0.39, 0.29) is 52.0 Å². The van der Waals surface area contributed by atoms with E-state index in [1.54, 1.807) is 27.0 Å². The Labute approximate surface area is 219 Å². The Bertz CT molecular complexity index is 1300. The second-order valence-corrected chi connectivity index (χ2v) is 14.0. The molecule has 0 saturated heterocycles. The number of aromatic nitrogens is 2. The summed E-state index contributed by atoms with van der Waals surface area (Å²) in [5.74, 6) is 0.773. The van der Waals surface area contributed by atoms with Crippen molar-refractivity contribution < 1.29 is 22.5 Å². The van der Waals surface area contributed by atoms with Crippen LogP contribution in [-0.4, -0.2) is 44.2 Å². The zero-order valence-electron chi connectivity index (χ0n) is 21.9. The smallest absolute Gasteiger partial charge is 0.256 e. The van der Waals surface area contributed by atoms with Crippen molar-refractivity contribution in [3.8, 4) is 5.75 Å². The summed E-state index contributed by atoms with van der Waals surface area (Å²) >= 11 is -0.905. The minimum atomic E-state index is -3.86. The third-order valence-electron chi connectivity index (χ3n) is 5.87. The predicted octanol–water partition coefficient (Wildman–Crippen LogP) is 5.75. The lowest BCUT2D eigenvalue weighted by atomic mass is 9.88. The number of aryl methyl sites for hydroxylation is 1. The van der Waals surface area contributed by atoms with Gasteiger partial charge in [-0.2, -0.15) is 4.31 Å². The highest BCUT2D eigenvalue weighted by atomic mass is 32.2. The number of anilines is 3. The van der Waals surface area contributed by atoms with Gasteiger partial charge in [-0.15, -0.1) is 11.3 Å². The van der Waals surface area contributed by atoms with E-state index < -0.39 is 26.9 Å². The monoisotopic (exact) mass is 557 g/mol. The van der Waals surface area contributed by atoms with Gasteiger partial charge in [0.15, 0.2) is 21.1 Å². The lowest BCUT2D eigenvalue weighted by Gasteiger charge is -2.20. The summed E-state index contributed by atoms with van der Waals surface area (Å²) in [4.78, 5) is 0.541. The Kier molecular flexibility index (Phi) is 8.40. The zero-order chi connectivity index (χ0) is 27.0. The Morgan fingerprint density at radius 3 is 2.36 bits per heavy atom. The first-order valence-corrected chi connectivity index (χ1v) is 15.1. The molecule has 0 amide bonds. The second-order valence-electron chi connectivity index (χ2n) is 9.85. The lowest BCUT2D eigenvalue weighted by Crippen LogP contribution is -2.30. The molecule has 2 atom stereocenters. The number of rotatable bonds is 10. The molecular formula is C23H35N5O5S3. The van der Waals surface area contributed by atoms with Crippen LogP contribution >= 0.6 is 22.5 Å². The van der Waals surface area contributed by atoms with Crippen LogP contribution in [0.25, 0.3) is 0 Å². The van der Waals surface area contributed by atoms with Crippen molar-refractivity contribution in [2.45, 2.75) is 71.1 Å². The molecule has 0 aliphatic rings. The molecule has 3 N–H and O–H groups in total. The van der Waals surface area contributed by atoms with Crippen molar-refractivity contribution >= 4 is 49.8 Å². The number of nitrogens with one attached hydrogen (secondary N) is 2. The first-order chi connectivity index (χ1) is 16.7. The van der Waals surface area contributed by atoms with E-state index in [9.17, 15) is 18.1 Å². The van der Waals surface area contributed by atoms with Crippen molar-refractivity contribution in [1.29, 1.82) is 0 Å². The maximum Gasteiger partial charge on any atom is 0.256 e. The number of thiophene rings is 1.